The molecule has 0 radical (unpaired) electrons. The fourth-order valence-corrected chi connectivity index (χ4v) is 5.67. The van der Waals surface area contributed by atoms with E-state index in [0.717, 1.165) is 46.8 Å². The lowest BCUT2D eigenvalue weighted by molar-refractivity contribution is -0.121. The second-order valence-corrected chi connectivity index (χ2v) is 8.96. The Balaban J connectivity index is 1.58. The Morgan fingerprint density at radius 1 is 1.22 bits per heavy atom. The van der Waals surface area contributed by atoms with Gasteiger partial charge in [-0.05, 0) is 56.7 Å². The Labute approximate surface area is 191 Å². The minimum absolute atomic E-state index is 0.471. The van der Waals surface area contributed by atoms with Crippen molar-refractivity contribution in [3.63, 3.8) is 0 Å². The van der Waals surface area contributed by atoms with Crippen LogP contribution >= 0.6 is 11.3 Å². The highest BCUT2D eigenvalue weighted by atomic mass is 32.1. The second-order valence-electron chi connectivity index (χ2n) is 7.87. The summed E-state index contributed by atoms with van der Waals surface area (Å²) in [6.45, 7) is 3.99. The van der Waals surface area contributed by atoms with Crippen LogP contribution in [0.25, 0.3) is 5.00 Å². The van der Waals surface area contributed by atoms with Crippen molar-refractivity contribution < 1.29 is 4.79 Å². The van der Waals surface area contributed by atoms with Crippen molar-refractivity contribution in [3.8, 4) is 17.1 Å². The largest absolute Gasteiger partial charge is 0.308 e. The average Bonchev–Trinajstić information content (AvgIpc) is 3.30. The van der Waals surface area contributed by atoms with E-state index in [1.54, 1.807) is 41.8 Å². The number of nitrogens with zero attached hydrogens (tertiary/aromatic N) is 4. The van der Waals surface area contributed by atoms with Gasteiger partial charge in [0, 0.05) is 21.8 Å². The van der Waals surface area contributed by atoms with Crippen LogP contribution in [0.3, 0.4) is 0 Å². The SMILES string of the molecule is Cc1cc(/C=N\NC(=O)[C@H](C#N)c2ccccc2)c(C)n1-c1sc2c(c1C#N)CCCC2. The van der Waals surface area contributed by atoms with Crippen LogP contribution in [0.4, 0.5) is 0 Å². The van der Waals surface area contributed by atoms with Gasteiger partial charge >= 0.3 is 0 Å². The summed E-state index contributed by atoms with van der Waals surface area (Å²) in [7, 11) is 0. The molecular formula is C25H23N5OS. The number of thiophene rings is 1. The number of hydrogen-bond acceptors (Lipinski definition) is 5. The van der Waals surface area contributed by atoms with E-state index in [2.05, 4.69) is 21.2 Å². The van der Waals surface area contributed by atoms with Gasteiger partial charge in [-0.2, -0.15) is 15.6 Å². The Hall–Kier alpha value is -3.68. The molecule has 1 aliphatic carbocycles. The third-order valence-corrected chi connectivity index (χ3v) is 7.12. The van der Waals surface area contributed by atoms with Gasteiger partial charge in [0.2, 0.25) is 0 Å². The van der Waals surface area contributed by atoms with E-state index in [1.807, 2.05) is 32.0 Å². The van der Waals surface area contributed by atoms with Crippen LogP contribution in [0.15, 0.2) is 41.5 Å². The molecule has 1 aliphatic rings. The van der Waals surface area contributed by atoms with Crippen molar-refractivity contribution >= 4 is 23.5 Å². The summed E-state index contributed by atoms with van der Waals surface area (Å²) in [5, 5.41) is 24.3. The molecule has 0 spiro atoms. The normalized spacial score (nSPS) is 13.9. The quantitative estimate of drug-likeness (QED) is 0.461. The molecule has 4 rings (SSSR count). The highest BCUT2D eigenvalue weighted by molar-refractivity contribution is 7.15. The van der Waals surface area contributed by atoms with Crippen LogP contribution in [-0.4, -0.2) is 16.7 Å². The van der Waals surface area contributed by atoms with Gasteiger partial charge in [0.1, 0.15) is 11.1 Å². The number of hydrazone groups is 1. The topological polar surface area (TPSA) is 94.0 Å². The minimum Gasteiger partial charge on any atom is -0.308 e. The zero-order chi connectivity index (χ0) is 22.7. The molecule has 2 heterocycles. The van der Waals surface area contributed by atoms with Crippen molar-refractivity contribution in [3.05, 3.63) is 74.9 Å². The van der Waals surface area contributed by atoms with E-state index in [1.165, 1.54) is 16.9 Å². The van der Waals surface area contributed by atoms with Gasteiger partial charge in [0.05, 0.1) is 17.8 Å². The second kappa shape index (κ2) is 9.21. The zero-order valence-electron chi connectivity index (χ0n) is 18.1. The predicted molar refractivity (Wildman–Crippen MR) is 125 cm³/mol. The van der Waals surface area contributed by atoms with E-state index in [-0.39, 0.29) is 0 Å². The van der Waals surface area contributed by atoms with Crippen molar-refractivity contribution in [1.82, 2.24) is 9.99 Å². The number of amides is 1. The number of aromatic nitrogens is 1. The number of nitriles is 2. The smallest absolute Gasteiger partial charge is 0.261 e. The van der Waals surface area contributed by atoms with E-state index in [9.17, 15) is 15.3 Å². The molecule has 7 heteroatoms. The summed E-state index contributed by atoms with van der Waals surface area (Å²) in [6, 6.07) is 15.4. The summed E-state index contributed by atoms with van der Waals surface area (Å²) >= 11 is 1.70. The van der Waals surface area contributed by atoms with Gasteiger partial charge in [-0.1, -0.05) is 30.3 Å². The summed E-state index contributed by atoms with van der Waals surface area (Å²) in [5.74, 6) is -1.39. The molecule has 1 amide bonds. The first kappa shape index (κ1) is 21.5. The number of aryl methyl sites for hydroxylation is 2. The zero-order valence-corrected chi connectivity index (χ0v) is 18.9. The van der Waals surface area contributed by atoms with Gasteiger partial charge in [-0.3, -0.25) is 4.79 Å². The Bertz CT molecular complexity index is 1270. The van der Waals surface area contributed by atoms with Crippen LogP contribution in [0.1, 0.15) is 57.3 Å². The van der Waals surface area contributed by atoms with Crippen LogP contribution in [0, 0.1) is 36.5 Å². The molecule has 2 aromatic heterocycles. The average molecular weight is 442 g/mol. The summed E-state index contributed by atoms with van der Waals surface area (Å²) in [6.07, 6.45) is 5.90. The van der Waals surface area contributed by atoms with E-state index in [0.29, 0.717) is 5.56 Å². The third kappa shape index (κ3) is 3.95. The molecule has 6 nitrogen and oxygen atoms in total. The minimum atomic E-state index is -0.920. The number of hydrogen-bond donors (Lipinski definition) is 1. The molecule has 0 fully saturated rings. The molecule has 0 aliphatic heterocycles. The lowest BCUT2D eigenvalue weighted by Crippen LogP contribution is -2.24. The fraction of sp³-hybridized carbons (Fsp3) is 0.280. The van der Waals surface area contributed by atoms with Crippen molar-refractivity contribution in [2.45, 2.75) is 45.4 Å². The molecule has 0 saturated carbocycles. The van der Waals surface area contributed by atoms with Crippen LogP contribution in [0.2, 0.25) is 0 Å². The predicted octanol–water partition coefficient (Wildman–Crippen LogP) is 4.66. The Morgan fingerprint density at radius 3 is 2.69 bits per heavy atom. The highest BCUT2D eigenvalue weighted by Gasteiger charge is 2.24. The van der Waals surface area contributed by atoms with Crippen LogP contribution in [0.5, 0.6) is 0 Å². The molecule has 0 unspecified atom stereocenters. The van der Waals surface area contributed by atoms with Gasteiger partial charge < -0.3 is 4.57 Å². The standard InChI is InChI=1S/C25H23N5OS/c1-16-12-19(15-28-29-24(31)21(13-26)18-8-4-3-5-9-18)17(2)30(16)25-22(14-27)20-10-6-7-11-23(20)32-25/h3-5,8-9,12,15,21H,6-7,10-11H2,1-2H3,(H,29,31)/b28-15-/t21-/m1/s1. The van der Waals surface area contributed by atoms with Crippen molar-refractivity contribution in [1.29, 1.82) is 10.5 Å². The van der Waals surface area contributed by atoms with Gasteiger partial charge in [0.15, 0.2) is 5.92 Å². The lowest BCUT2D eigenvalue weighted by Gasteiger charge is -2.10. The molecule has 1 atom stereocenters. The molecule has 3 aromatic rings. The summed E-state index contributed by atoms with van der Waals surface area (Å²) < 4.78 is 2.10. The van der Waals surface area contributed by atoms with Crippen LogP contribution < -0.4 is 5.43 Å². The Morgan fingerprint density at radius 2 is 1.97 bits per heavy atom. The van der Waals surface area contributed by atoms with E-state index >= 15 is 0 Å². The lowest BCUT2D eigenvalue weighted by atomic mass is 9.96. The summed E-state index contributed by atoms with van der Waals surface area (Å²) in [4.78, 5) is 13.8. The maximum atomic E-state index is 12.5. The number of fused-ring (bicyclic) bond motifs is 1. The maximum Gasteiger partial charge on any atom is 0.261 e. The maximum absolute atomic E-state index is 12.5. The first-order valence-corrected chi connectivity index (χ1v) is 11.4. The first-order chi connectivity index (χ1) is 15.5. The molecule has 0 saturated heterocycles. The first-order valence-electron chi connectivity index (χ1n) is 10.6. The molecule has 1 N–H and O–H groups in total. The molecule has 0 bridgehead atoms. The van der Waals surface area contributed by atoms with Crippen molar-refractivity contribution in [2.75, 3.05) is 0 Å². The number of carbonyl (C=O) groups is 1. The van der Waals surface area contributed by atoms with Gasteiger partial charge in [-0.25, -0.2) is 5.43 Å². The molecule has 160 valence electrons. The van der Waals surface area contributed by atoms with Crippen LogP contribution in [-0.2, 0) is 17.6 Å². The van der Waals surface area contributed by atoms with Crippen molar-refractivity contribution in [2.24, 2.45) is 5.10 Å². The number of benzene rings is 1. The summed E-state index contributed by atoms with van der Waals surface area (Å²) in [5.41, 5.74) is 7.92. The molecular weight excluding hydrogens is 418 g/mol. The number of rotatable bonds is 5. The fourth-order valence-electron chi connectivity index (χ4n) is 4.22. The molecule has 1 aromatic carbocycles. The monoisotopic (exact) mass is 441 g/mol. The third-order valence-electron chi connectivity index (χ3n) is 5.84. The highest BCUT2D eigenvalue weighted by Crippen LogP contribution is 2.38. The molecule has 32 heavy (non-hydrogen) atoms. The van der Waals surface area contributed by atoms with E-state index in [4.69, 9.17) is 0 Å². The number of carbonyl (C=O) groups excluding carboxylic acids is 1. The van der Waals surface area contributed by atoms with Gasteiger partial charge in [0.25, 0.3) is 5.91 Å². The number of nitrogens with one attached hydrogen (secondary N) is 1. The van der Waals surface area contributed by atoms with Gasteiger partial charge in [-0.15, -0.1) is 11.3 Å². The van der Waals surface area contributed by atoms with E-state index < -0.39 is 11.8 Å². The Kier molecular flexibility index (Phi) is 6.20.